The van der Waals surface area contributed by atoms with Crippen molar-refractivity contribution < 1.29 is 0 Å². The Morgan fingerprint density at radius 2 is 2.20 bits per heavy atom. The van der Waals surface area contributed by atoms with E-state index in [1.165, 1.54) is 5.69 Å². The summed E-state index contributed by atoms with van der Waals surface area (Å²) in [7, 11) is 0. The third-order valence-corrected chi connectivity index (χ3v) is 4.72. The molecule has 0 radical (unpaired) electrons. The minimum atomic E-state index is 0.502. The van der Waals surface area contributed by atoms with Gasteiger partial charge in [0.1, 0.15) is 0 Å². The number of nitrogen functional groups attached to an aromatic ring is 1. The molecule has 3 aromatic rings. The molecule has 0 saturated carbocycles. The van der Waals surface area contributed by atoms with E-state index in [0.717, 1.165) is 41.4 Å². The summed E-state index contributed by atoms with van der Waals surface area (Å²) in [5, 5.41) is 8.97. The Balaban J connectivity index is 2.22. The molecule has 0 amide bonds. The van der Waals surface area contributed by atoms with Crippen LogP contribution in [0.3, 0.4) is 0 Å². The van der Waals surface area contributed by atoms with Gasteiger partial charge >= 0.3 is 0 Å². The number of hydrogen-bond acceptors (Lipinski definition) is 2. The molecular weight excluding hydrogens is 295 g/mol. The Morgan fingerprint density at radius 1 is 1.35 bits per heavy atom. The van der Waals surface area contributed by atoms with Crippen molar-refractivity contribution in [3.05, 3.63) is 34.2 Å². The molecule has 1 aromatic carbocycles. The van der Waals surface area contributed by atoms with Gasteiger partial charge in [-0.15, -0.1) is 0 Å². The van der Waals surface area contributed by atoms with E-state index in [2.05, 4.69) is 14.8 Å². The fraction of sp³-hybridized carbons (Fsp3) is 0.214. The van der Waals surface area contributed by atoms with Gasteiger partial charge in [-0.3, -0.25) is 5.10 Å². The van der Waals surface area contributed by atoms with Crippen LogP contribution in [0.5, 0.6) is 0 Å². The topological polar surface area (TPSA) is 59.6 Å². The summed E-state index contributed by atoms with van der Waals surface area (Å²) in [5.74, 6) is 0. The van der Waals surface area contributed by atoms with Gasteiger partial charge in [0.15, 0.2) is 0 Å². The van der Waals surface area contributed by atoms with Crippen LogP contribution in [-0.4, -0.2) is 14.8 Å². The molecule has 0 aliphatic carbocycles. The smallest absolute Gasteiger partial charge is 0.0837 e. The number of nitrogens with one attached hydrogen (secondary N) is 1. The zero-order chi connectivity index (χ0) is 13.9. The number of H-pyrrole nitrogens is 1. The van der Waals surface area contributed by atoms with E-state index in [1.807, 2.05) is 12.4 Å². The number of aromatic nitrogens is 3. The second-order valence-corrected chi connectivity index (χ2v) is 5.83. The molecule has 4 rings (SSSR count). The summed E-state index contributed by atoms with van der Waals surface area (Å²) in [4.78, 5) is 0. The highest BCUT2D eigenvalue weighted by molar-refractivity contribution is 6.46. The Morgan fingerprint density at radius 3 is 2.95 bits per heavy atom. The van der Waals surface area contributed by atoms with Gasteiger partial charge in [0, 0.05) is 40.6 Å². The predicted octanol–water partition coefficient (Wildman–Crippen LogP) is 3.87. The first-order chi connectivity index (χ1) is 9.68. The Hall–Kier alpha value is -1.65. The zero-order valence-corrected chi connectivity index (χ0v) is 12.1. The maximum atomic E-state index is 6.42. The molecule has 0 saturated heterocycles. The van der Waals surface area contributed by atoms with Crippen LogP contribution in [0.1, 0.15) is 12.1 Å². The SMILES string of the molecule is Nc1cc(Cl)c(Cl)c2c1c(-c1cn[nH]c1)c1n2CCC1. The van der Waals surface area contributed by atoms with Gasteiger partial charge < -0.3 is 10.3 Å². The number of nitrogens with two attached hydrogens (primary N) is 1. The van der Waals surface area contributed by atoms with Crippen LogP contribution in [0.25, 0.3) is 22.0 Å². The summed E-state index contributed by atoms with van der Waals surface area (Å²) < 4.78 is 2.24. The molecule has 0 spiro atoms. The van der Waals surface area contributed by atoms with Crippen molar-refractivity contribution in [3.63, 3.8) is 0 Å². The van der Waals surface area contributed by atoms with Gasteiger partial charge in [0.05, 0.1) is 21.8 Å². The number of nitrogens with zero attached hydrogens (tertiary/aromatic N) is 2. The normalized spacial score (nSPS) is 14.1. The molecule has 0 atom stereocenters. The Bertz CT molecular complexity index is 818. The average Bonchev–Trinajstić information content (AvgIpc) is 3.11. The van der Waals surface area contributed by atoms with Gasteiger partial charge in [-0.05, 0) is 18.9 Å². The first-order valence-electron chi connectivity index (χ1n) is 6.46. The first-order valence-corrected chi connectivity index (χ1v) is 7.21. The van der Waals surface area contributed by atoms with Crippen molar-refractivity contribution in [3.8, 4) is 11.1 Å². The summed E-state index contributed by atoms with van der Waals surface area (Å²) in [6.45, 7) is 0.948. The summed E-state index contributed by atoms with van der Waals surface area (Å²) in [6, 6.07) is 1.73. The minimum absolute atomic E-state index is 0.502. The quantitative estimate of drug-likeness (QED) is 0.671. The fourth-order valence-electron chi connectivity index (χ4n) is 3.17. The van der Waals surface area contributed by atoms with E-state index in [4.69, 9.17) is 28.9 Å². The highest BCUT2D eigenvalue weighted by Gasteiger charge is 2.26. The maximum Gasteiger partial charge on any atom is 0.0837 e. The molecular formula is C14H12Cl2N4. The maximum absolute atomic E-state index is 6.42. The molecule has 3 N–H and O–H groups in total. The highest BCUT2D eigenvalue weighted by Crippen LogP contribution is 2.45. The number of aromatic amines is 1. The summed E-state index contributed by atoms with van der Waals surface area (Å²) >= 11 is 12.6. The lowest BCUT2D eigenvalue weighted by Crippen LogP contribution is -1.93. The lowest BCUT2D eigenvalue weighted by molar-refractivity contribution is 0.772. The van der Waals surface area contributed by atoms with Crippen LogP contribution in [-0.2, 0) is 13.0 Å². The van der Waals surface area contributed by atoms with E-state index < -0.39 is 0 Å². The van der Waals surface area contributed by atoms with Crippen molar-refractivity contribution in [2.45, 2.75) is 19.4 Å². The molecule has 0 unspecified atom stereocenters. The van der Waals surface area contributed by atoms with Crippen LogP contribution in [0.4, 0.5) is 5.69 Å². The monoisotopic (exact) mass is 306 g/mol. The van der Waals surface area contributed by atoms with Gasteiger partial charge in [-0.2, -0.15) is 5.10 Å². The fourth-order valence-corrected chi connectivity index (χ4v) is 3.63. The molecule has 3 heterocycles. The molecule has 1 aliphatic rings. The van der Waals surface area contributed by atoms with Crippen molar-refractivity contribution in [2.75, 3.05) is 5.73 Å². The highest BCUT2D eigenvalue weighted by atomic mass is 35.5. The van der Waals surface area contributed by atoms with Gasteiger partial charge in [-0.1, -0.05) is 23.2 Å². The average molecular weight is 307 g/mol. The molecule has 102 valence electrons. The second kappa shape index (κ2) is 4.17. The number of rotatable bonds is 1. The second-order valence-electron chi connectivity index (χ2n) is 5.05. The predicted molar refractivity (Wildman–Crippen MR) is 82.3 cm³/mol. The number of anilines is 1. The molecule has 0 fully saturated rings. The van der Waals surface area contributed by atoms with Gasteiger partial charge in [0.25, 0.3) is 0 Å². The summed E-state index contributed by atoms with van der Waals surface area (Å²) in [6.07, 6.45) is 5.83. The Labute approximate surface area is 125 Å². The molecule has 0 bridgehead atoms. The zero-order valence-electron chi connectivity index (χ0n) is 10.6. The number of halogens is 2. The van der Waals surface area contributed by atoms with Crippen molar-refractivity contribution in [2.24, 2.45) is 0 Å². The summed E-state index contributed by atoms with van der Waals surface area (Å²) in [5.41, 5.74) is 11.2. The lowest BCUT2D eigenvalue weighted by Gasteiger charge is -2.06. The van der Waals surface area contributed by atoms with E-state index in [0.29, 0.717) is 15.7 Å². The third kappa shape index (κ3) is 1.46. The third-order valence-electron chi connectivity index (χ3n) is 3.94. The number of aryl methyl sites for hydroxylation is 1. The number of fused-ring (bicyclic) bond motifs is 3. The van der Waals surface area contributed by atoms with Crippen molar-refractivity contribution in [1.82, 2.24) is 14.8 Å². The molecule has 20 heavy (non-hydrogen) atoms. The van der Waals surface area contributed by atoms with Crippen molar-refractivity contribution >= 4 is 39.8 Å². The minimum Gasteiger partial charge on any atom is -0.398 e. The van der Waals surface area contributed by atoms with Crippen LogP contribution in [0.15, 0.2) is 18.5 Å². The largest absolute Gasteiger partial charge is 0.398 e. The number of benzene rings is 1. The van der Waals surface area contributed by atoms with Crippen LogP contribution in [0.2, 0.25) is 10.0 Å². The standard InChI is InChI=1S/C14H12Cl2N4/c15-8-4-9(17)12-11(7-5-18-19-6-7)10-2-1-3-20(10)14(12)13(8)16/h4-6H,1-3,17H2,(H,18,19). The van der Waals surface area contributed by atoms with Crippen LogP contribution < -0.4 is 5.73 Å². The van der Waals surface area contributed by atoms with E-state index in [9.17, 15) is 0 Å². The van der Waals surface area contributed by atoms with Crippen LogP contribution >= 0.6 is 23.2 Å². The van der Waals surface area contributed by atoms with Gasteiger partial charge in [-0.25, -0.2) is 0 Å². The molecule has 1 aliphatic heterocycles. The van der Waals surface area contributed by atoms with Crippen LogP contribution in [0, 0.1) is 0 Å². The van der Waals surface area contributed by atoms with Gasteiger partial charge in [0.2, 0.25) is 0 Å². The molecule has 6 heteroatoms. The first kappa shape index (κ1) is 12.1. The van der Waals surface area contributed by atoms with E-state index in [1.54, 1.807) is 6.07 Å². The Kier molecular flexibility index (Phi) is 2.53. The van der Waals surface area contributed by atoms with E-state index >= 15 is 0 Å². The van der Waals surface area contributed by atoms with Crippen molar-refractivity contribution in [1.29, 1.82) is 0 Å². The lowest BCUT2D eigenvalue weighted by atomic mass is 10.0. The number of hydrogen-bond donors (Lipinski definition) is 2. The molecule has 4 nitrogen and oxygen atoms in total. The van der Waals surface area contributed by atoms with E-state index in [-0.39, 0.29) is 0 Å². The molecule has 2 aromatic heterocycles.